The quantitative estimate of drug-likeness (QED) is 0.817. The van der Waals surface area contributed by atoms with Gasteiger partial charge in [0, 0.05) is 17.7 Å². The average molecular weight is 351 g/mol. The van der Waals surface area contributed by atoms with Crippen LogP contribution in [0.2, 0.25) is 0 Å². The highest BCUT2D eigenvalue weighted by molar-refractivity contribution is 5.92. The minimum atomic E-state index is 0.0635. The molecule has 1 amide bonds. The van der Waals surface area contributed by atoms with Crippen molar-refractivity contribution in [3.8, 4) is 17.2 Å². The van der Waals surface area contributed by atoms with Crippen molar-refractivity contribution in [1.29, 1.82) is 0 Å². The molecule has 5 heteroatoms. The van der Waals surface area contributed by atoms with Crippen LogP contribution in [-0.2, 0) is 11.4 Å². The molecule has 26 heavy (non-hydrogen) atoms. The van der Waals surface area contributed by atoms with Crippen LogP contribution in [0.25, 0.3) is 0 Å². The second kappa shape index (κ2) is 7.52. The molecular formula is C21H21NO4. The van der Waals surface area contributed by atoms with Crippen molar-refractivity contribution in [3.05, 3.63) is 60.2 Å². The predicted octanol–water partition coefficient (Wildman–Crippen LogP) is 4.29. The Morgan fingerprint density at radius 2 is 2.04 bits per heavy atom. The summed E-state index contributed by atoms with van der Waals surface area (Å²) in [6.45, 7) is 0.660. The van der Waals surface area contributed by atoms with Crippen LogP contribution in [-0.4, -0.2) is 12.7 Å². The zero-order valence-corrected chi connectivity index (χ0v) is 14.4. The topological polar surface area (TPSA) is 56.8 Å². The molecule has 134 valence electrons. The first kappa shape index (κ1) is 16.5. The van der Waals surface area contributed by atoms with Crippen LogP contribution >= 0.6 is 0 Å². The Bertz CT molecular complexity index is 831. The van der Waals surface area contributed by atoms with Crippen LogP contribution in [0.3, 0.4) is 0 Å². The van der Waals surface area contributed by atoms with E-state index >= 15 is 0 Å². The van der Waals surface area contributed by atoms with Gasteiger partial charge in [-0.2, -0.15) is 0 Å². The molecule has 0 spiro atoms. The summed E-state index contributed by atoms with van der Waals surface area (Å²) in [6.07, 6.45) is 6.93. The lowest BCUT2D eigenvalue weighted by Gasteiger charge is -2.17. The maximum Gasteiger partial charge on any atom is 0.231 e. The van der Waals surface area contributed by atoms with Crippen molar-refractivity contribution in [2.75, 3.05) is 12.1 Å². The molecule has 0 aromatic heterocycles. The van der Waals surface area contributed by atoms with Gasteiger partial charge in [0.05, 0.1) is 0 Å². The summed E-state index contributed by atoms with van der Waals surface area (Å²) in [5.74, 6) is 2.30. The number of allylic oxidation sites excluding steroid dienone is 2. The molecule has 1 atom stereocenters. The minimum absolute atomic E-state index is 0.0635. The molecule has 0 fully saturated rings. The van der Waals surface area contributed by atoms with Gasteiger partial charge in [-0.1, -0.05) is 24.3 Å². The molecule has 2 aromatic rings. The van der Waals surface area contributed by atoms with Crippen LogP contribution in [0, 0.1) is 5.92 Å². The first-order chi connectivity index (χ1) is 12.8. The number of fused-ring (bicyclic) bond motifs is 1. The molecule has 0 radical (unpaired) electrons. The molecule has 1 unspecified atom stereocenters. The maximum absolute atomic E-state index is 12.4. The van der Waals surface area contributed by atoms with E-state index in [2.05, 4.69) is 17.5 Å². The van der Waals surface area contributed by atoms with Gasteiger partial charge in [-0.25, -0.2) is 0 Å². The normalized spacial score (nSPS) is 17.8. The number of anilines is 1. The number of carbonyl (C=O) groups is 1. The van der Waals surface area contributed by atoms with Gasteiger partial charge in [-0.15, -0.1) is 0 Å². The lowest BCUT2D eigenvalue weighted by atomic mass is 9.93. The Labute approximate surface area is 152 Å². The van der Waals surface area contributed by atoms with E-state index in [1.165, 1.54) is 0 Å². The molecule has 1 aliphatic heterocycles. The zero-order valence-electron chi connectivity index (χ0n) is 14.4. The number of hydrogen-bond acceptors (Lipinski definition) is 4. The van der Waals surface area contributed by atoms with E-state index in [4.69, 9.17) is 14.2 Å². The molecule has 2 aromatic carbocycles. The number of carbonyl (C=O) groups excluding carboxylic acids is 1. The number of amides is 1. The number of rotatable bonds is 5. The smallest absolute Gasteiger partial charge is 0.231 e. The third-order valence-corrected chi connectivity index (χ3v) is 4.58. The van der Waals surface area contributed by atoms with Gasteiger partial charge in [0.25, 0.3) is 0 Å². The molecule has 0 saturated carbocycles. The van der Waals surface area contributed by atoms with Crippen molar-refractivity contribution in [2.45, 2.75) is 25.9 Å². The van der Waals surface area contributed by atoms with Crippen LogP contribution in [0.1, 0.15) is 24.8 Å². The number of hydrogen-bond donors (Lipinski definition) is 1. The second-order valence-corrected chi connectivity index (χ2v) is 6.47. The maximum atomic E-state index is 12.4. The Balaban J connectivity index is 1.36. The van der Waals surface area contributed by atoms with Gasteiger partial charge in [0.15, 0.2) is 11.5 Å². The van der Waals surface area contributed by atoms with Crippen LogP contribution in [0.4, 0.5) is 5.69 Å². The summed E-state index contributed by atoms with van der Waals surface area (Å²) in [5, 5.41) is 3.02. The Morgan fingerprint density at radius 3 is 2.92 bits per heavy atom. The van der Waals surface area contributed by atoms with E-state index in [1.54, 1.807) is 0 Å². The van der Waals surface area contributed by atoms with E-state index in [9.17, 15) is 4.79 Å². The van der Waals surface area contributed by atoms with Gasteiger partial charge in [0.1, 0.15) is 12.4 Å². The first-order valence-corrected chi connectivity index (χ1v) is 8.85. The summed E-state index contributed by atoms with van der Waals surface area (Å²) in [6, 6.07) is 13.3. The third-order valence-electron chi connectivity index (χ3n) is 4.58. The SMILES string of the molecule is O=C(Nc1cccc(COc2ccc3c(c2)OCO3)c1)C1CC=CCC1. The van der Waals surface area contributed by atoms with E-state index in [-0.39, 0.29) is 18.6 Å². The largest absolute Gasteiger partial charge is 0.489 e. The molecule has 1 heterocycles. The van der Waals surface area contributed by atoms with Crippen molar-refractivity contribution < 1.29 is 19.0 Å². The zero-order chi connectivity index (χ0) is 17.8. The summed E-state index contributed by atoms with van der Waals surface area (Å²) >= 11 is 0. The van der Waals surface area contributed by atoms with Gasteiger partial charge >= 0.3 is 0 Å². The molecule has 1 N–H and O–H groups in total. The second-order valence-electron chi connectivity index (χ2n) is 6.47. The van der Waals surface area contributed by atoms with Gasteiger partial charge < -0.3 is 19.5 Å². The first-order valence-electron chi connectivity index (χ1n) is 8.85. The number of ether oxygens (including phenoxy) is 3. The number of nitrogens with one attached hydrogen (secondary N) is 1. The van der Waals surface area contributed by atoms with Crippen molar-refractivity contribution in [2.24, 2.45) is 5.92 Å². The van der Waals surface area contributed by atoms with Gasteiger partial charge in [-0.05, 0) is 49.1 Å². The van der Waals surface area contributed by atoms with Crippen molar-refractivity contribution in [1.82, 2.24) is 0 Å². The van der Waals surface area contributed by atoms with Crippen LogP contribution in [0.15, 0.2) is 54.6 Å². The predicted molar refractivity (Wildman–Crippen MR) is 98.4 cm³/mol. The van der Waals surface area contributed by atoms with Crippen molar-refractivity contribution >= 4 is 11.6 Å². The molecule has 4 rings (SSSR count). The van der Waals surface area contributed by atoms with Crippen molar-refractivity contribution in [3.63, 3.8) is 0 Å². The van der Waals surface area contributed by atoms with Gasteiger partial charge in [-0.3, -0.25) is 4.79 Å². The molecule has 5 nitrogen and oxygen atoms in total. The van der Waals surface area contributed by atoms with E-state index < -0.39 is 0 Å². The highest BCUT2D eigenvalue weighted by Gasteiger charge is 2.18. The standard InChI is InChI=1S/C21H21NO4/c23-21(16-6-2-1-3-7-16)22-17-8-4-5-15(11-17)13-24-18-9-10-19-20(12-18)26-14-25-19/h1-2,4-5,8-12,16H,3,6-7,13-14H2,(H,22,23). The number of benzene rings is 2. The molecule has 0 bridgehead atoms. The summed E-state index contributed by atoms with van der Waals surface area (Å²) in [4.78, 5) is 12.4. The highest BCUT2D eigenvalue weighted by Crippen LogP contribution is 2.35. The molecule has 0 saturated heterocycles. The van der Waals surface area contributed by atoms with Crippen LogP contribution in [0.5, 0.6) is 17.2 Å². The molecule has 2 aliphatic rings. The minimum Gasteiger partial charge on any atom is -0.489 e. The lowest BCUT2D eigenvalue weighted by Crippen LogP contribution is -2.23. The summed E-state index contributed by atoms with van der Waals surface area (Å²) < 4.78 is 16.5. The fraction of sp³-hybridized carbons (Fsp3) is 0.286. The highest BCUT2D eigenvalue weighted by atomic mass is 16.7. The Morgan fingerprint density at radius 1 is 1.12 bits per heavy atom. The fourth-order valence-corrected chi connectivity index (χ4v) is 3.15. The summed E-state index contributed by atoms with van der Waals surface area (Å²) in [7, 11) is 0. The van der Waals surface area contributed by atoms with Gasteiger partial charge in [0.2, 0.25) is 12.7 Å². The lowest BCUT2D eigenvalue weighted by molar-refractivity contribution is -0.120. The van der Waals surface area contributed by atoms with E-state index in [0.29, 0.717) is 12.4 Å². The molecule has 1 aliphatic carbocycles. The molecular weight excluding hydrogens is 330 g/mol. The third kappa shape index (κ3) is 3.82. The Hall–Kier alpha value is -2.95. The van der Waals surface area contributed by atoms with Crippen LogP contribution < -0.4 is 19.5 Å². The van der Waals surface area contributed by atoms with E-state index in [1.807, 2.05) is 42.5 Å². The van der Waals surface area contributed by atoms with E-state index in [0.717, 1.165) is 42.0 Å². The summed E-state index contributed by atoms with van der Waals surface area (Å²) in [5.41, 5.74) is 1.79. The average Bonchev–Trinajstić information content (AvgIpc) is 3.15. The Kier molecular flexibility index (Phi) is 4.78. The monoisotopic (exact) mass is 351 g/mol. The fourth-order valence-electron chi connectivity index (χ4n) is 3.15.